The Morgan fingerprint density at radius 2 is 2.14 bits per heavy atom. The lowest BCUT2D eigenvalue weighted by Crippen LogP contribution is -2.14. The van der Waals surface area contributed by atoms with Crippen molar-refractivity contribution in [3.05, 3.63) is 51.1 Å². The fourth-order valence-electron chi connectivity index (χ4n) is 1.59. The van der Waals surface area contributed by atoms with Crippen molar-refractivity contribution in [2.75, 3.05) is 11.9 Å². The highest BCUT2D eigenvalue weighted by atomic mass is 79.9. The summed E-state index contributed by atoms with van der Waals surface area (Å²) in [7, 11) is 0. The maximum atomic E-state index is 13.2. The molecular formula is C14H11BrFNO3S. The summed E-state index contributed by atoms with van der Waals surface area (Å²) in [6.45, 7) is 1.96. The zero-order valence-corrected chi connectivity index (χ0v) is 13.4. The van der Waals surface area contributed by atoms with Gasteiger partial charge in [-0.05, 0) is 52.5 Å². The molecule has 2 aromatic rings. The number of rotatable bonds is 4. The van der Waals surface area contributed by atoms with Gasteiger partial charge < -0.3 is 10.1 Å². The largest absolute Gasteiger partial charge is 0.462 e. The lowest BCUT2D eigenvalue weighted by atomic mass is 10.2. The van der Waals surface area contributed by atoms with E-state index in [4.69, 9.17) is 4.74 Å². The van der Waals surface area contributed by atoms with E-state index >= 15 is 0 Å². The van der Waals surface area contributed by atoms with E-state index < -0.39 is 17.7 Å². The van der Waals surface area contributed by atoms with Crippen molar-refractivity contribution in [1.29, 1.82) is 0 Å². The Hall–Kier alpha value is -1.73. The summed E-state index contributed by atoms with van der Waals surface area (Å²) < 4.78 is 18.3. The molecule has 0 fully saturated rings. The van der Waals surface area contributed by atoms with E-state index in [1.54, 1.807) is 18.4 Å². The molecular weight excluding hydrogens is 361 g/mol. The number of carbonyl (C=O) groups is 2. The van der Waals surface area contributed by atoms with Gasteiger partial charge in [0.15, 0.2) is 0 Å². The van der Waals surface area contributed by atoms with Crippen LogP contribution in [0.15, 0.2) is 34.1 Å². The van der Waals surface area contributed by atoms with Gasteiger partial charge in [0.1, 0.15) is 10.8 Å². The Bertz CT molecular complexity index is 687. The number of thiophene rings is 1. The van der Waals surface area contributed by atoms with Gasteiger partial charge in [0.25, 0.3) is 5.91 Å². The fraction of sp³-hybridized carbons (Fsp3) is 0.143. The monoisotopic (exact) mass is 371 g/mol. The molecule has 110 valence electrons. The summed E-state index contributed by atoms with van der Waals surface area (Å²) in [5.74, 6) is -1.37. The molecule has 1 aromatic heterocycles. The first-order valence-electron chi connectivity index (χ1n) is 6.04. The van der Waals surface area contributed by atoms with E-state index in [-0.39, 0.29) is 16.6 Å². The van der Waals surface area contributed by atoms with E-state index in [0.29, 0.717) is 10.6 Å². The van der Waals surface area contributed by atoms with Gasteiger partial charge in [-0.25, -0.2) is 9.18 Å². The number of hydrogen-bond acceptors (Lipinski definition) is 4. The van der Waals surface area contributed by atoms with E-state index in [0.717, 1.165) is 0 Å². The van der Waals surface area contributed by atoms with Crippen molar-refractivity contribution in [3.63, 3.8) is 0 Å². The molecule has 2 rings (SSSR count). The van der Waals surface area contributed by atoms with E-state index in [2.05, 4.69) is 21.2 Å². The highest BCUT2D eigenvalue weighted by Crippen LogP contribution is 2.25. The standard InChI is InChI=1S/C14H11BrFNO3S/c1-2-20-14(19)9-5-6-21-13(9)17-12(18)8-3-4-11(16)10(15)7-8/h3-7H,2H2,1H3,(H,17,18). The lowest BCUT2D eigenvalue weighted by Gasteiger charge is -2.06. The van der Waals surface area contributed by atoms with Gasteiger partial charge in [-0.2, -0.15) is 0 Å². The molecule has 1 heterocycles. The Morgan fingerprint density at radius 3 is 2.81 bits per heavy atom. The second-order valence-corrected chi connectivity index (χ2v) is 5.74. The zero-order valence-electron chi connectivity index (χ0n) is 11.0. The molecule has 0 aliphatic carbocycles. The Labute approximate surface area is 133 Å². The van der Waals surface area contributed by atoms with Crippen LogP contribution in [0, 0.1) is 5.82 Å². The molecule has 0 aliphatic rings. The Morgan fingerprint density at radius 1 is 1.38 bits per heavy atom. The van der Waals surface area contributed by atoms with Crippen molar-refractivity contribution in [2.45, 2.75) is 6.92 Å². The smallest absolute Gasteiger partial charge is 0.341 e. The van der Waals surface area contributed by atoms with Crippen molar-refractivity contribution in [2.24, 2.45) is 0 Å². The van der Waals surface area contributed by atoms with Gasteiger partial charge in [-0.3, -0.25) is 4.79 Å². The molecule has 4 nitrogen and oxygen atoms in total. The van der Waals surface area contributed by atoms with Gasteiger partial charge in [0.05, 0.1) is 16.6 Å². The summed E-state index contributed by atoms with van der Waals surface area (Å²) >= 11 is 4.24. The molecule has 0 unspecified atom stereocenters. The number of amides is 1. The highest BCUT2D eigenvalue weighted by molar-refractivity contribution is 9.10. The molecule has 1 aromatic carbocycles. The fourth-order valence-corrected chi connectivity index (χ4v) is 2.74. The van der Waals surface area contributed by atoms with Crippen LogP contribution in [0.3, 0.4) is 0 Å². The van der Waals surface area contributed by atoms with Gasteiger partial charge >= 0.3 is 5.97 Å². The number of halogens is 2. The summed E-state index contributed by atoms with van der Waals surface area (Å²) in [4.78, 5) is 23.8. The van der Waals surface area contributed by atoms with Crippen LogP contribution in [0.2, 0.25) is 0 Å². The summed E-state index contributed by atoms with van der Waals surface area (Å²) in [6, 6.07) is 5.52. The normalized spacial score (nSPS) is 10.2. The van der Waals surface area contributed by atoms with E-state index in [1.165, 1.54) is 29.5 Å². The second kappa shape index (κ2) is 6.82. The maximum absolute atomic E-state index is 13.2. The number of carbonyl (C=O) groups excluding carboxylic acids is 2. The predicted molar refractivity (Wildman–Crippen MR) is 82.3 cm³/mol. The van der Waals surface area contributed by atoms with E-state index in [1.807, 2.05) is 0 Å². The average molecular weight is 372 g/mol. The third-order valence-corrected chi connectivity index (χ3v) is 4.01. The molecule has 0 saturated carbocycles. The highest BCUT2D eigenvalue weighted by Gasteiger charge is 2.17. The van der Waals surface area contributed by atoms with Crippen molar-refractivity contribution < 1.29 is 18.7 Å². The van der Waals surface area contributed by atoms with Gasteiger partial charge in [-0.1, -0.05) is 0 Å². The topological polar surface area (TPSA) is 55.4 Å². The Balaban J connectivity index is 2.18. The Kier molecular flexibility index (Phi) is 5.08. The van der Waals surface area contributed by atoms with Crippen LogP contribution in [0.4, 0.5) is 9.39 Å². The molecule has 21 heavy (non-hydrogen) atoms. The molecule has 0 saturated heterocycles. The second-order valence-electron chi connectivity index (χ2n) is 3.97. The maximum Gasteiger partial charge on any atom is 0.341 e. The van der Waals surface area contributed by atoms with Crippen LogP contribution in [-0.4, -0.2) is 18.5 Å². The van der Waals surface area contributed by atoms with Crippen LogP contribution < -0.4 is 5.32 Å². The van der Waals surface area contributed by atoms with Gasteiger partial charge in [0.2, 0.25) is 0 Å². The SMILES string of the molecule is CCOC(=O)c1ccsc1NC(=O)c1ccc(F)c(Br)c1. The van der Waals surface area contributed by atoms with Crippen LogP contribution >= 0.6 is 27.3 Å². The van der Waals surface area contributed by atoms with Gasteiger partial charge in [-0.15, -0.1) is 11.3 Å². The number of nitrogens with one attached hydrogen (secondary N) is 1. The number of hydrogen-bond donors (Lipinski definition) is 1. The third-order valence-electron chi connectivity index (χ3n) is 2.57. The first-order valence-corrected chi connectivity index (χ1v) is 7.71. The number of anilines is 1. The molecule has 0 spiro atoms. The first-order chi connectivity index (χ1) is 10.0. The lowest BCUT2D eigenvalue weighted by molar-refractivity contribution is 0.0528. The first kappa shape index (κ1) is 15.7. The van der Waals surface area contributed by atoms with E-state index in [9.17, 15) is 14.0 Å². The molecule has 1 N–H and O–H groups in total. The molecule has 0 atom stereocenters. The molecule has 0 bridgehead atoms. The molecule has 0 aliphatic heterocycles. The summed E-state index contributed by atoms with van der Waals surface area (Å²) in [5.41, 5.74) is 0.586. The number of ether oxygens (including phenoxy) is 1. The quantitative estimate of drug-likeness (QED) is 0.823. The molecule has 0 radical (unpaired) electrons. The molecule has 7 heteroatoms. The number of benzene rings is 1. The molecule has 1 amide bonds. The van der Waals surface area contributed by atoms with Crippen LogP contribution in [0.1, 0.15) is 27.6 Å². The predicted octanol–water partition coefficient (Wildman–Crippen LogP) is 4.08. The minimum absolute atomic E-state index is 0.201. The minimum atomic E-state index is -0.491. The summed E-state index contributed by atoms with van der Waals surface area (Å²) in [6.07, 6.45) is 0. The van der Waals surface area contributed by atoms with Crippen molar-refractivity contribution in [3.8, 4) is 0 Å². The zero-order chi connectivity index (χ0) is 15.4. The number of esters is 1. The van der Waals surface area contributed by atoms with Crippen LogP contribution in [-0.2, 0) is 4.74 Å². The van der Waals surface area contributed by atoms with Crippen molar-refractivity contribution >= 4 is 44.1 Å². The van der Waals surface area contributed by atoms with Crippen LogP contribution in [0.25, 0.3) is 0 Å². The van der Waals surface area contributed by atoms with Crippen molar-refractivity contribution in [1.82, 2.24) is 0 Å². The minimum Gasteiger partial charge on any atom is -0.462 e. The third kappa shape index (κ3) is 3.68. The summed E-state index contributed by atoms with van der Waals surface area (Å²) in [5, 5.41) is 4.71. The van der Waals surface area contributed by atoms with Gasteiger partial charge in [0, 0.05) is 5.56 Å². The average Bonchev–Trinajstić information content (AvgIpc) is 2.90. The van der Waals surface area contributed by atoms with Crippen LogP contribution in [0.5, 0.6) is 0 Å².